The quantitative estimate of drug-likeness (QED) is 0.388. The van der Waals surface area contributed by atoms with Crippen LogP contribution in [0, 0.1) is 46.3 Å². The standard InChI is InChI=1S/C32H44ClN3O2/c1-19(8-13-28(37)38)23-11-12-24-22-10-9-20-18-21(14-16-31(20,2)25(22)15-17-32(23,24)3)34-30-29(33)35-26-6-4-5-7-27(26)36-30/h4-7,19-25H,8-18H2,1-3H3,(H,34,36)(H,37,38)/t19?,20-,21-,22?,23?,24?,25?,31+,32-/m1/s1. The van der Waals surface area contributed by atoms with E-state index in [9.17, 15) is 9.90 Å². The minimum absolute atomic E-state index is 0.315. The topological polar surface area (TPSA) is 75.1 Å². The van der Waals surface area contributed by atoms with Gasteiger partial charge < -0.3 is 10.4 Å². The molecule has 5 unspecified atom stereocenters. The van der Waals surface area contributed by atoms with Gasteiger partial charge in [0.05, 0.1) is 11.0 Å². The maximum atomic E-state index is 11.2. The summed E-state index contributed by atoms with van der Waals surface area (Å²) in [4.78, 5) is 20.6. The predicted octanol–water partition coefficient (Wildman–Crippen LogP) is 8.22. The molecule has 4 aliphatic carbocycles. The van der Waals surface area contributed by atoms with Gasteiger partial charge in [-0.05, 0) is 123 Å². The molecular formula is C32H44ClN3O2. The first-order chi connectivity index (χ1) is 18.2. The van der Waals surface area contributed by atoms with Crippen molar-refractivity contribution in [2.24, 2.45) is 46.3 Å². The van der Waals surface area contributed by atoms with Crippen LogP contribution in [0.3, 0.4) is 0 Å². The summed E-state index contributed by atoms with van der Waals surface area (Å²) in [6, 6.07) is 8.33. The van der Waals surface area contributed by atoms with E-state index < -0.39 is 5.97 Å². The van der Waals surface area contributed by atoms with E-state index in [1.165, 1.54) is 51.4 Å². The van der Waals surface area contributed by atoms with Crippen LogP contribution >= 0.6 is 11.6 Å². The van der Waals surface area contributed by atoms with Gasteiger partial charge in [0, 0.05) is 12.5 Å². The number of hydrogen-bond acceptors (Lipinski definition) is 4. The van der Waals surface area contributed by atoms with Gasteiger partial charge in [0.2, 0.25) is 0 Å². The largest absolute Gasteiger partial charge is 0.481 e. The van der Waals surface area contributed by atoms with Crippen molar-refractivity contribution in [3.63, 3.8) is 0 Å². The Labute approximate surface area is 232 Å². The van der Waals surface area contributed by atoms with Crippen LogP contribution < -0.4 is 5.32 Å². The highest BCUT2D eigenvalue weighted by Crippen LogP contribution is 2.68. The van der Waals surface area contributed by atoms with Gasteiger partial charge in [-0.2, -0.15) is 0 Å². The van der Waals surface area contributed by atoms with Crippen LogP contribution in [0.5, 0.6) is 0 Å². The summed E-state index contributed by atoms with van der Waals surface area (Å²) < 4.78 is 0. The van der Waals surface area contributed by atoms with Crippen molar-refractivity contribution < 1.29 is 9.90 Å². The van der Waals surface area contributed by atoms with Crippen LogP contribution in [0.2, 0.25) is 5.15 Å². The third-order valence-electron chi connectivity index (χ3n) is 12.1. The fraction of sp³-hybridized carbons (Fsp3) is 0.719. The smallest absolute Gasteiger partial charge is 0.303 e. The maximum absolute atomic E-state index is 11.2. The van der Waals surface area contributed by atoms with Crippen LogP contribution in [0.15, 0.2) is 24.3 Å². The van der Waals surface area contributed by atoms with E-state index in [2.05, 4.69) is 31.1 Å². The molecule has 4 fully saturated rings. The van der Waals surface area contributed by atoms with Crippen molar-refractivity contribution >= 4 is 34.4 Å². The highest BCUT2D eigenvalue weighted by Gasteiger charge is 2.60. The van der Waals surface area contributed by atoms with Crippen LogP contribution in [0.4, 0.5) is 5.82 Å². The molecular weight excluding hydrogens is 494 g/mol. The Kier molecular flexibility index (Phi) is 6.90. The molecule has 0 amide bonds. The second-order valence-corrected chi connectivity index (χ2v) is 14.1. The monoisotopic (exact) mass is 537 g/mol. The molecule has 1 aromatic carbocycles. The molecule has 2 aromatic rings. The highest BCUT2D eigenvalue weighted by molar-refractivity contribution is 6.32. The summed E-state index contributed by atoms with van der Waals surface area (Å²) in [7, 11) is 0. The number of nitrogens with zero attached hydrogens (tertiary/aromatic N) is 2. The number of halogens is 1. The number of aromatic nitrogens is 2. The van der Waals surface area contributed by atoms with Gasteiger partial charge in [0.1, 0.15) is 0 Å². The first kappa shape index (κ1) is 26.3. The number of para-hydroxylation sites is 2. The molecule has 0 saturated heterocycles. The second kappa shape index (κ2) is 9.94. The number of benzene rings is 1. The molecule has 6 heteroatoms. The zero-order chi connectivity index (χ0) is 26.7. The second-order valence-electron chi connectivity index (χ2n) is 13.8. The third-order valence-corrected chi connectivity index (χ3v) is 12.4. The lowest BCUT2D eigenvalue weighted by molar-refractivity contribution is -0.137. The van der Waals surface area contributed by atoms with Gasteiger partial charge in [0.15, 0.2) is 11.0 Å². The average molecular weight is 538 g/mol. The number of carbonyl (C=O) groups is 1. The number of aliphatic carboxylic acids is 1. The Morgan fingerprint density at radius 3 is 2.50 bits per heavy atom. The minimum Gasteiger partial charge on any atom is -0.481 e. The molecule has 6 rings (SSSR count). The Morgan fingerprint density at radius 2 is 1.74 bits per heavy atom. The number of carboxylic acids is 1. The molecule has 4 saturated carbocycles. The fourth-order valence-corrected chi connectivity index (χ4v) is 10.4. The first-order valence-corrected chi connectivity index (χ1v) is 15.5. The van der Waals surface area contributed by atoms with Crippen LogP contribution in [0.1, 0.15) is 91.4 Å². The van der Waals surface area contributed by atoms with Gasteiger partial charge in [-0.1, -0.05) is 44.5 Å². The van der Waals surface area contributed by atoms with E-state index in [0.29, 0.717) is 40.3 Å². The SMILES string of the molecule is CC(CCC(=O)O)C1CCC2C3CC[C@@H]4C[C@H](Nc5nc6ccccc6nc5Cl)CC[C@]4(C)C3CC[C@]12C. The maximum Gasteiger partial charge on any atom is 0.303 e. The Balaban J connectivity index is 1.14. The highest BCUT2D eigenvalue weighted by atomic mass is 35.5. The molecule has 206 valence electrons. The molecule has 2 N–H and O–H groups in total. The van der Waals surface area contributed by atoms with Gasteiger partial charge in [-0.15, -0.1) is 0 Å². The van der Waals surface area contributed by atoms with E-state index in [0.717, 1.165) is 53.4 Å². The zero-order valence-corrected chi connectivity index (χ0v) is 24.0. The predicted molar refractivity (Wildman–Crippen MR) is 153 cm³/mol. The van der Waals surface area contributed by atoms with E-state index in [4.69, 9.17) is 16.6 Å². The van der Waals surface area contributed by atoms with Crippen molar-refractivity contribution in [2.75, 3.05) is 5.32 Å². The van der Waals surface area contributed by atoms with Crippen molar-refractivity contribution in [3.8, 4) is 0 Å². The van der Waals surface area contributed by atoms with Crippen molar-refractivity contribution in [2.45, 2.75) is 97.4 Å². The zero-order valence-electron chi connectivity index (χ0n) is 23.3. The number of nitrogens with one attached hydrogen (secondary N) is 1. The van der Waals surface area contributed by atoms with E-state index in [1.54, 1.807) is 0 Å². The lowest BCUT2D eigenvalue weighted by atomic mass is 9.44. The number of rotatable bonds is 6. The van der Waals surface area contributed by atoms with E-state index in [-0.39, 0.29) is 0 Å². The van der Waals surface area contributed by atoms with Crippen LogP contribution in [-0.2, 0) is 4.79 Å². The average Bonchev–Trinajstić information content (AvgIpc) is 3.25. The normalized spacial score (nSPS) is 39.2. The Morgan fingerprint density at radius 1 is 1.03 bits per heavy atom. The lowest BCUT2D eigenvalue weighted by Crippen LogP contribution is -2.54. The van der Waals surface area contributed by atoms with Crippen molar-refractivity contribution in [3.05, 3.63) is 29.4 Å². The molecule has 1 heterocycles. The summed E-state index contributed by atoms with van der Waals surface area (Å²) in [6.45, 7) is 7.52. The fourth-order valence-electron chi connectivity index (χ4n) is 10.2. The third kappa shape index (κ3) is 4.41. The summed E-state index contributed by atoms with van der Waals surface area (Å²) >= 11 is 6.55. The summed E-state index contributed by atoms with van der Waals surface area (Å²) in [5.74, 6) is 4.52. The lowest BCUT2D eigenvalue weighted by Gasteiger charge is -2.61. The molecule has 9 atom stereocenters. The molecule has 4 aliphatic rings. The number of fused-ring (bicyclic) bond motifs is 6. The van der Waals surface area contributed by atoms with Gasteiger partial charge in [0.25, 0.3) is 0 Å². The van der Waals surface area contributed by atoms with Gasteiger partial charge in [-0.3, -0.25) is 4.79 Å². The first-order valence-electron chi connectivity index (χ1n) is 15.1. The van der Waals surface area contributed by atoms with E-state index >= 15 is 0 Å². The summed E-state index contributed by atoms with van der Waals surface area (Å²) in [5.41, 5.74) is 2.55. The van der Waals surface area contributed by atoms with Gasteiger partial charge in [-0.25, -0.2) is 9.97 Å². The summed E-state index contributed by atoms with van der Waals surface area (Å²) in [5, 5.41) is 13.4. The molecule has 38 heavy (non-hydrogen) atoms. The van der Waals surface area contributed by atoms with E-state index in [1.807, 2.05) is 24.3 Å². The molecule has 0 radical (unpaired) electrons. The molecule has 0 bridgehead atoms. The Bertz CT molecular complexity index is 1200. The molecule has 0 spiro atoms. The summed E-state index contributed by atoms with van der Waals surface area (Å²) in [6.07, 6.45) is 12.8. The van der Waals surface area contributed by atoms with Crippen molar-refractivity contribution in [1.82, 2.24) is 9.97 Å². The number of anilines is 1. The Hall–Kier alpha value is -1.88. The molecule has 1 aromatic heterocycles. The van der Waals surface area contributed by atoms with Gasteiger partial charge >= 0.3 is 5.97 Å². The minimum atomic E-state index is -0.647. The van der Waals surface area contributed by atoms with Crippen LogP contribution in [0.25, 0.3) is 11.0 Å². The van der Waals surface area contributed by atoms with Crippen LogP contribution in [-0.4, -0.2) is 27.1 Å². The van der Waals surface area contributed by atoms with Crippen molar-refractivity contribution in [1.29, 1.82) is 0 Å². The number of hydrogen-bond donors (Lipinski definition) is 2. The number of carboxylic acid groups (broad SMARTS) is 1. The molecule has 5 nitrogen and oxygen atoms in total. The molecule has 0 aliphatic heterocycles.